The molecule has 1 aliphatic rings. The number of aromatic nitrogens is 3. The first-order valence-corrected chi connectivity index (χ1v) is 10.9. The minimum Gasteiger partial charge on any atom is -0.465 e. The number of rotatable bonds is 6. The van der Waals surface area contributed by atoms with Crippen LogP contribution in [0.3, 0.4) is 0 Å². The Balaban J connectivity index is 0.00000121. The summed E-state index contributed by atoms with van der Waals surface area (Å²) in [4.78, 5) is 36.3. The number of hydrogen-bond acceptors (Lipinski definition) is 7. The van der Waals surface area contributed by atoms with Crippen LogP contribution in [-0.2, 0) is 16.1 Å². The average molecular weight is 442 g/mol. The third-order valence-electron chi connectivity index (χ3n) is 4.97. The Labute approximate surface area is 190 Å². The van der Waals surface area contributed by atoms with E-state index in [0.29, 0.717) is 23.9 Å². The SMILES string of the molecule is C=C.CC.COC(=O)c1ccc(CNC(=O)C2CCC(Nc3ncnc(C)n3)CC2)cc1. The van der Waals surface area contributed by atoms with Gasteiger partial charge in [0.15, 0.2) is 0 Å². The summed E-state index contributed by atoms with van der Waals surface area (Å²) in [6.45, 7) is 12.3. The molecule has 0 unspecified atom stereocenters. The van der Waals surface area contributed by atoms with Crippen LogP contribution in [0.4, 0.5) is 5.95 Å². The number of benzene rings is 1. The maximum Gasteiger partial charge on any atom is 0.337 e. The van der Waals surface area contributed by atoms with Gasteiger partial charge in [-0.1, -0.05) is 26.0 Å². The van der Waals surface area contributed by atoms with E-state index in [4.69, 9.17) is 0 Å². The summed E-state index contributed by atoms with van der Waals surface area (Å²) in [5.41, 5.74) is 1.44. The summed E-state index contributed by atoms with van der Waals surface area (Å²) >= 11 is 0. The number of nitrogens with zero attached hydrogens (tertiary/aromatic N) is 3. The molecule has 0 atom stereocenters. The molecule has 0 saturated heterocycles. The first-order valence-electron chi connectivity index (χ1n) is 10.9. The lowest BCUT2D eigenvalue weighted by Crippen LogP contribution is -2.35. The number of nitrogens with one attached hydrogen (secondary N) is 2. The van der Waals surface area contributed by atoms with Crippen LogP contribution in [0.1, 0.15) is 61.3 Å². The molecule has 8 heteroatoms. The first-order chi connectivity index (χ1) is 15.5. The molecule has 1 fully saturated rings. The van der Waals surface area contributed by atoms with Gasteiger partial charge in [0, 0.05) is 18.5 Å². The van der Waals surface area contributed by atoms with Gasteiger partial charge in [0.25, 0.3) is 0 Å². The molecule has 0 aliphatic heterocycles. The summed E-state index contributed by atoms with van der Waals surface area (Å²) in [7, 11) is 1.35. The normalized spacial score (nSPS) is 16.9. The van der Waals surface area contributed by atoms with E-state index in [-0.39, 0.29) is 23.8 Å². The third kappa shape index (κ3) is 8.45. The van der Waals surface area contributed by atoms with E-state index >= 15 is 0 Å². The van der Waals surface area contributed by atoms with Crippen LogP contribution in [0.25, 0.3) is 0 Å². The molecule has 1 aromatic carbocycles. The van der Waals surface area contributed by atoms with Crippen molar-refractivity contribution in [3.63, 3.8) is 0 Å². The first kappa shape index (κ1) is 26.7. The molecule has 1 aliphatic carbocycles. The second-order valence-corrected chi connectivity index (χ2v) is 6.96. The Morgan fingerprint density at radius 3 is 2.25 bits per heavy atom. The number of carbonyl (C=O) groups is 2. The van der Waals surface area contributed by atoms with Crippen LogP contribution in [0, 0.1) is 12.8 Å². The monoisotopic (exact) mass is 441 g/mol. The molecular weight excluding hydrogens is 406 g/mol. The minimum atomic E-state index is -0.367. The van der Waals surface area contributed by atoms with Crippen molar-refractivity contribution in [2.75, 3.05) is 12.4 Å². The van der Waals surface area contributed by atoms with Gasteiger partial charge >= 0.3 is 5.97 Å². The van der Waals surface area contributed by atoms with Crippen LogP contribution >= 0.6 is 0 Å². The van der Waals surface area contributed by atoms with E-state index in [9.17, 15) is 9.59 Å². The Morgan fingerprint density at radius 2 is 1.69 bits per heavy atom. The fourth-order valence-corrected chi connectivity index (χ4v) is 3.34. The fourth-order valence-electron chi connectivity index (χ4n) is 3.34. The largest absolute Gasteiger partial charge is 0.465 e. The van der Waals surface area contributed by atoms with Crippen molar-refractivity contribution in [1.29, 1.82) is 0 Å². The summed E-state index contributed by atoms with van der Waals surface area (Å²) in [6.07, 6.45) is 4.96. The molecule has 1 aromatic heterocycles. The molecule has 174 valence electrons. The smallest absolute Gasteiger partial charge is 0.337 e. The van der Waals surface area contributed by atoms with Crippen LogP contribution in [0.2, 0.25) is 0 Å². The highest BCUT2D eigenvalue weighted by Crippen LogP contribution is 2.26. The van der Waals surface area contributed by atoms with Gasteiger partial charge in [-0.25, -0.2) is 14.8 Å². The predicted molar refractivity (Wildman–Crippen MR) is 126 cm³/mol. The Morgan fingerprint density at radius 1 is 1.06 bits per heavy atom. The number of esters is 1. The Bertz CT molecular complexity index is 834. The standard InChI is InChI=1S/C20H25N5O3.C2H6.C2H4/c1-13-22-12-23-20(24-13)25-17-9-7-15(8-10-17)18(26)21-11-14-3-5-16(6-4-14)19(27)28-2;2*1-2/h3-6,12,15,17H,7-11H2,1-2H3,(H,21,26)(H,22,23,24,25);1-2H3;1-2H2. The Hall–Kier alpha value is -3.29. The topological polar surface area (TPSA) is 106 Å². The van der Waals surface area contributed by atoms with Gasteiger partial charge in [-0.05, 0) is 50.3 Å². The minimum absolute atomic E-state index is 0.0208. The Kier molecular flexibility index (Phi) is 12.3. The highest BCUT2D eigenvalue weighted by atomic mass is 16.5. The van der Waals surface area contributed by atoms with E-state index in [2.05, 4.69) is 43.5 Å². The summed E-state index contributed by atoms with van der Waals surface area (Å²) < 4.78 is 4.68. The lowest BCUT2D eigenvalue weighted by Gasteiger charge is -2.28. The summed E-state index contributed by atoms with van der Waals surface area (Å²) in [6, 6.07) is 7.32. The van der Waals surface area contributed by atoms with E-state index in [1.165, 1.54) is 13.4 Å². The number of hydrogen-bond donors (Lipinski definition) is 2. The molecule has 3 rings (SSSR count). The molecule has 0 spiro atoms. The lowest BCUT2D eigenvalue weighted by atomic mass is 9.85. The molecular formula is C24H35N5O3. The van der Waals surface area contributed by atoms with Crippen LogP contribution in [0.15, 0.2) is 43.8 Å². The number of amides is 1. The quantitative estimate of drug-likeness (QED) is 0.514. The molecule has 2 aromatic rings. The maximum absolute atomic E-state index is 12.5. The van der Waals surface area contributed by atoms with Crippen LogP contribution < -0.4 is 10.6 Å². The molecule has 32 heavy (non-hydrogen) atoms. The molecule has 0 radical (unpaired) electrons. The zero-order valence-electron chi connectivity index (χ0n) is 19.6. The number of aryl methyl sites for hydroxylation is 1. The fraction of sp³-hybridized carbons (Fsp3) is 0.458. The molecule has 0 bridgehead atoms. The van der Waals surface area contributed by atoms with Gasteiger partial charge in [0.05, 0.1) is 12.7 Å². The number of methoxy groups -OCH3 is 1. The van der Waals surface area contributed by atoms with Crippen LogP contribution in [0.5, 0.6) is 0 Å². The number of ether oxygens (including phenoxy) is 1. The van der Waals surface area contributed by atoms with Gasteiger partial charge in [-0.3, -0.25) is 4.79 Å². The van der Waals surface area contributed by atoms with Gasteiger partial charge in [0.2, 0.25) is 11.9 Å². The molecule has 2 N–H and O–H groups in total. The predicted octanol–water partition coefficient (Wildman–Crippen LogP) is 4.08. The van der Waals surface area contributed by atoms with Gasteiger partial charge in [-0.2, -0.15) is 4.98 Å². The molecule has 1 heterocycles. The van der Waals surface area contributed by atoms with Gasteiger partial charge in [-0.15, -0.1) is 13.2 Å². The molecule has 1 amide bonds. The number of anilines is 1. The van der Waals surface area contributed by atoms with E-state index in [0.717, 1.165) is 31.2 Å². The van der Waals surface area contributed by atoms with Crippen molar-refractivity contribution in [3.05, 3.63) is 60.7 Å². The molecule has 1 saturated carbocycles. The van der Waals surface area contributed by atoms with E-state index in [1.54, 1.807) is 12.1 Å². The lowest BCUT2D eigenvalue weighted by molar-refractivity contribution is -0.126. The highest BCUT2D eigenvalue weighted by molar-refractivity contribution is 5.89. The summed E-state index contributed by atoms with van der Waals surface area (Å²) in [5, 5.41) is 6.32. The zero-order valence-corrected chi connectivity index (χ0v) is 19.6. The second-order valence-electron chi connectivity index (χ2n) is 6.96. The third-order valence-corrected chi connectivity index (χ3v) is 4.97. The summed E-state index contributed by atoms with van der Waals surface area (Å²) in [5.74, 6) is 1.01. The van der Waals surface area contributed by atoms with Gasteiger partial charge in [0.1, 0.15) is 12.2 Å². The van der Waals surface area contributed by atoms with Crippen molar-refractivity contribution in [2.45, 2.75) is 59.0 Å². The van der Waals surface area contributed by atoms with Crippen molar-refractivity contribution in [1.82, 2.24) is 20.3 Å². The van der Waals surface area contributed by atoms with Crippen molar-refractivity contribution in [2.24, 2.45) is 5.92 Å². The number of carbonyl (C=O) groups excluding carboxylic acids is 2. The van der Waals surface area contributed by atoms with Crippen LogP contribution in [-0.4, -0.2) is 40.0 Å². The van der Waals surface area contributed by atoms with Gasteiger partial charge < -0.3 is 15.4 Å². The average Bonchev–Trinajstić information content (AvgIpc) is 2.85. The van der Waals surface area contributed by atoms with Crippen molar-refractivity contribution >= 4 is 17.8 Å². The second kappa shape index (κ2) is 14.7. The highest BCUT2D eigenvalue weighted by Gasteiger charge is 2.26. The maximum atomic E-state index is 12.5. The van der Waals surface area contributed by atoms with Crippen molar-refractivity contribution < 1.29 is 14.3 Å². The van der Waals surface area contributed by atoms with E-state index < -0.39 is 0 Å². The van der Waals surface area contributed by atoms with Crippen molar-refractivity contribution in [3.8, 4) is 0 Å². The molecule has 8 nitrogen and oxygen atoms in total. The zero-order chi connectivity index (χ0) is 23.9. The van der Waals surface area contributed by atoms with E-state index in [1.807, 2.05) is 32.9 Å².